The molecule has 2 aromatic carbocycles. The number of hydrogen-bond donors (Lipinski definition) is 0. The molecular formula is C19H15ClN2O2S. The summed E-state index contributed by atoms with van der Waals surface area (Å²) in [5.41, 5.74) is 3.53. The molecule has 1 aliphatic heterocycles. The van der Waals surface area contributed by atoms with Crippen LogP contribution < -0.4 is 9.64 Å². The van der Waals surface area contributed by atoms with E-state index in [4.69, 9.17) is 21.3 Å². The number of carbonyl (C=O) groups excluding carboxylic acids is 1. The molecule has 1 aliphatic rings. The van der Waals surface area contributed by atoms with Gasteiger partial charge in [0.25, 0.3) is 5.91 Å². The first-order valence-electron chi connectivity index (χ1n) is 7.95. The Hall–Kier alpha value is -2.37. The van der Waals surface area contributed by atoms with Crippen LogP contribution in [0.3, 0.4) is 0 Å². The Morgan fingerprint density at radius 3 is 2.92 bits per heavy atom. The number of anilines is 1. The third-order valence-electron chi connectivity index (χ3n) is 4.12. The van der Waals surface area contributed by atoms with Gasteiger partial charge in [0.2, 0.25) is 0 Å². The van der Waals surface area contributed by atoms with Crippen molar-refractivity contribution >= 4 is 34.5 Å². The van der Waals surface area contributed by atoms with Gasteiger partial charge < -0.3 is 9.64 Å². The van der Waals surface area contributed by atoms with Crippen molar-refractivity contribution in [2.24, 2.45) is 0 Å². The van der Waals surface area contributed by atoms with Gasteiger partial charge >= 0.3 is 0 Å². The number of hydrogen-bond acceptors (Lipinski definition) is 4. The Kier molecular flexibility index (Phi) is 4.19. The first-order chi connectivity index (χ1) is 12.2. The first kappa shape index (κ1) is 16.1. The van der Waals surface area contributed by atoms with Gasteiger partial charge in [-0.05, 0) is 31.2 Å². The number of benzene rings is 2. The highest BCUT2D eigenvalue weighted by atomic mass is 35.5. The number of aromatic nitrogens is 1. The van der Waals surface area contributed by atoms with Gasteiger partial charge in [-0.2, -0.15) is 0 Å². The van der Waals surface area contributed by atoms with Gasteiger partial charge in [-0.3, -0.25) is 4.79 Å². The summed E-state index contributed by atoms with van der Waals surface area (Å²) in [5, 5.41) is 3.56. The standard InChI is InChI=1S/C19H15ClN2O2S/c1-2-22-16-9-12(7-8-17(16)24-10-18(22)23)15-11-25-19(21-15)13-5-3-4-6-14(13)20/h3-9,11H,2,10H2,1H3. The fourth-order valence-electron chi connectivity index (χ4n) is 2.87. The monoisotopic (exact) mass is 370 g/mol. The molecule has 25 heavy (non-hydrogen) atoms. The zero-order chi connectivity index (χ0) is 17.4. The second kappa shape index (κ2) is 6.50. The summed E-state index contributed by atoms with van der Waals surface area (Å²) in [6.07, 6.45) is 0. The first-order valence-corrected chi connectivity index (χ1v) is 9.21. The molecule has 0 spiro atoms. The average Bonchev–Trinajstić information content (AvgIpc) is 3.11. The Bertz CT molecular complexity index is 954. The minimum absolute atomic E-state index is 0.0258. The molecular weight excluding hydrogens is 356 g/mol. The van der Waals surface area contributed by atoms with Crippen LogP contribution in [0.1, 0.15) is 6.92 Å². The van der Waals surface area contributed by atoms with Crippen molar-refractivity contribution < 1.29 is 9.53 Å². The van der Waals surface area contributed by atoms with Crippen LogP contribution in [0.25, 0.3) is 21.8 Å². The Balaban J connectivity index is 1.73. The number of nitrogens with zero attached hydrogens (tertiary/aromatic N) is 2. The van der Waals surface area contributed by atoms with E-state index in [9.17, 15) is 4.79 Å². The van der Waals surface area contributed by atoms with Crippen LogP contribution in [-0.2, 0) is 4.79 Å². The number of rotatable bonds is 3. The van der Waals surface area contributed by atoms with Crippen LogP contribution >= 0.6 is 22.9 Å². The molecule has 4 nitrogen and oxygen atoms in total. The van der Waals surface area contributed by atoms with Crippen molar-refractivity contribution in [2.75, 3.05) is 18.1 Å². The molecule has 4 rings (SSSR count). The van der Waals surface area contributed by atoms with E-state index in [-0.39, 0.29) is 12.5 Å². The lowest BCUT2D eigenvalue weighted by atomic mass is 10.1. The lowest BCUT2D eigenvalue weighted by Gasteiger charge is -2.28. The molecule has 3 aromatic rings. The minimum atomic E-state index is -0.0258. The van der Waals surface area contributed by atoms with Crippen molar-refractivity contribution in [2.45, 2.75) is 6.92 Å². The van der Waals surface area contributed by atoms with E-state index in [2.05, 4.69) is 0 Å². The normalized spacial score (nSPS) is 13.5. The number of fused-ring (bicyclic) bond motifs is 1. The van der Waals surface area contributed by atoms with E-state index in [1.165, 1.54) is 0 Å². The van der Waals surface area contributed by atoms with Crippen LogP contribution in [0.4, 0.5) is 5.69 Å². The van der Waals surface area contributed by atoms with Crippen molar-refractivity contribution in [1.29, 1.82) is 0 Å². The second-order valence-corrected chi connectivity index (χ2v) is 6.89. The molecule has 0 aliphatic carbocycles. The summed E-state index contributed by atoms with van der Waals surface area (Å²) in [6.45, 7) is 2.66. The smallest absolute Gasteiger partial charge is 0.265 e. The van der Waals surface area contributed by atoms with Crippen molar-refractivity contribution in [1.82, 2.24) is 4.98 Å². The zero-order valence-corrected chi connectivity index (χ0v) is 15.1. The summed E-state index contributed by atoms with van der Waals surface area (Å²) in [6, 6.07) is 13.5. The highest BCUT2D eigenvalue weighted by Crippen LogP contribution is 2.38. The predicted octanol–water partition coefficient (Wildman–Crippen LogP) is 4.88. The second-order valence-electron chi connectivity index (χ2n) is 5.63. The molecule has 0 atom stereocenters. The summed E-state index contributed by atoms with van der Waals surface area (Å²) >= 11 is 7.82. The maximum absolute atomic E-state index is 12.0. The van der Waals surface area contributed by atoms with E-state index in [1.807, 2.05) is 54.8 Å². The van der Waals surface area contributed by atoms with Crippen LogP contribution in [0.15, 0.2) is 47.8 Å². The van der Waals surface area contributed by atoms with Crippen molar-refractivity contribution in [3.63, 3.8) is 0 Å². The van der Waals surface area contributed by atoms with Gasteiger partial charge in [-0.25, -0.2) is 4.98 Å². The highest BCUT2D eigenvalue weighted by molar-refractivity contribution is 7.13. The number of ether oxygens (including phenoxy) is 1. The molecule has 1 amide bonds. The molecule has 2 heterocycles. The fourth-order valence-corrected chi connectivity index (χ4v) is 4.02. The highest BCUT2D eigenvalue weighted by Gasteiger charge is 2.24. The summed E-state index contributed by atoms with van der Waals surface area (Å²) < 4.78 is 5.52. The maximum Gasteiger partial charge on any atom is 0.265 e. The largest absolute Gasteiger partial charge is 0.482 e. The van der Waals surface area contributed by atoms with E-state index in [0.29, 0.717) is 11.6 Å². The predicted molar refractivity (Wildman–Crippen MR) is 102 cm³/mol. The number of likely N-dealkylation sites (N-methyl/N-ethyl adjacent to an activating group) is 1. The number of thiazole rings is 1. The molecule has 0 saturated carbocycles. The molecule has 0 bridgehead atoms. The number of amides is 1. The lowest BCUT2D eigenvalue weighted by Crippen LogP contribution is -2.38. The van der Waals surface area contributed by atoms with Crippen molar-refractivity contribution in [3.05, 3.63) is 52.9 Å². The lowest BCUT2D eigenvalue weighted by molar-refractivity contribution is -0.121. The maximum atomic E-state index is 12.0. The zero-order valence-electron chi connectivity index (χ0n) is 13.5. The number of halogens is 1. The molecule has 126 valence electrons. The minimum Gasteiger partial charge on any atom is -0.482 e. The van der Waals surface area contributed by atoms with Gasteiger partial charge in [0.05, 0.1) is 16.4 Å². The molecule has 1 aromatic heterocycles. The van der Waals surface area contributed by atoms with E-state index in [1.54, 1.807) is 16.2 Å². The van der Waals surface area contributed by atoms with E-state index < -0.39 is 0 Å². The molecule has 0 radical (unpaired) electrons. The molecule has 0 fully saturated rings. The molecule has 0 N–H and O–H groups in total. The van der Waals surface area contributed by atoms with Gasteiger partial charge in [0.15, 0.2) is 6.61 Å². The molecule has 0 saturated heterocycles. The van der Waals surface area contributed by atoms with Crippen LogP contribution in [0.2, 0.25) is 5.02 Å². The Morgan fingerprint density at radius 2 is 2.12 bits per heavy atom. The van der Waals surface area contributed by atoms with Crippen molar-refractivity contribution in [3.8, 4) is 27.6 Å². The third-order valence-corrected chi connectivity index (χ3v) is 5.33. The SMILES string of the molecule is CCN1C(=O)COc2ccc(-c3csc(-c4ccccc4Cl)n3)cc21. The van der Waals surface area contributed by atoms with Crippen LogP contribution in [0, 0.1) is 0 Å². The quantitative estimate of drug-likeness (QED) is 0.660. The summed E-state index contributed by atoms with van der Waals surface area (Å²) in [7, 11) is 0. The summed E-state index contributed by atoms with van der Waals surface area (Å²) in [4.78, 5) is 18.5. The third kappa shape index (κ3) is 2.90. The van der Waals surface area contributed by atoms with Crippen LogP contribution in [-0.4, -0.2) is 24.0 Å². The van der Waals surface area contributed by atoms with Gasteiger partial charge in [-0.15, -0.1) is 11.3 Å². The number of carbonyl (C=O) groups is 1. The average molecular weight is 371 g/mol. The molecule has 0 unspecified atom stereocenters. The van der Waals surface area contributed by atoms with Gasteiger partial charge in [0.1, 0.15) is 10.8 Å². The van der Waals surface area contributed by atoms with Crippen LogP contribution in [0.5, 0.6) is 5.75 Å². The fraction of sp³-hybridized carbons (Fsp3) is 0.158. The van der Waals surface area contributed by atoms with Gasteiger partial charge in [-0.1, -0.05) is 29.8 Å². The van der Waals surface area contributed by atoms with E-state index in [0.717, 1.165) is 33.3 Å². The molecule has 6 heteroatoms. The Morgan fingerprint density at radius 1 is 1.28 bits per heavy atom. The summed E-state index contributed by atoms with van der Waals surface area (Å²) in [5.74, 6) is 0.703. The topological polar surface area (TPSA) is 42.4 Å². The van der Waals surface area contributed by atoms with Gasteiger partial charge in [0, 0.05) is 23.1 Å². The Labute approximate surface area is 154 Å². The van der Waals surface area contributed by atoms with E-state index >= 15 is 0 Å².